The van der Waals surface area contributed by atoms with E-state index in [2.05, 4.69) is 0 Å². The molecule has 0 bridgehead atoms. The average molecular weight is 186 g/mol. The number of rotatable bonds is 4. The van der Waals surface area contributed by atoms with Crippen molar-refractivity contribution in [3.05, 3.63) is 0 Å². The van der Waals surface area contributed by atoms with E-state index >= 15 is 0 Å². The summed E-state index contributed by atoms with van der Waals surface area (Å²) in [5.74, 6) is 0. The van der Waals surface area contributed by atoms with Crippen LogP contribution in [-0.2, 0) is 0 Å². The van der Waals surface area contributed by atoms with E-state index < -0.39 is 31.2 Å². The fourth-order valence-electron chi connectivity index (χ4n) is 0.776. The minimum atomic E-state index is -4.26. The van der Waals surface area contributed by atoms with E-state index in [4.69, 9.17) is 10.2 Å². The number of aliphatic hydroxyl groups is 2. The molecule has 2 unspecified atom stereocenters. The van der Waals surface area contributed by atoms with E-state index in [-0.39, 0.29) is 6.42 Å². The van der Waals surface area contributed by atoms with Crippen LogP contribution in [0.1, 0.15) is 26.2 Å². The minimum absolute atomic E-state index is 0.263. The third-order valence-electron chi connectivity index (χ3n) is 1.59. The van der Waals surface area contributed by atoms with Gasteiger partial charge in [-0.2, -0.15) is 13.2 Å². The Labute approximate surface area is 69.0 Å². The van der Waals surface area contributed by atoms with E-state index in [1.807, 2.05) is 0 Å². The van der Waals surface area contributed by atoms with Crippen molar-refractivity contribution < 1.29 is 23.4 Å². The second-order valence-corrected chi connectivity index (χ2v) is 2.70. The third-order valence-corrected chi connectivity index (χ3v) is 1.59. The second kappa shape index (κ2) is 4.67. The van der Waals surface area contributed by atoms with Crippen LogP contribution in [-0.4, -0.2) is 28.6 Å². The summed E-state index contributed by atoms with van der Waals surface area (Å²) in [6, 6.07) is 0. The Hall–Kier alpha value is -0.290. The van der Waals surface area contributed by atoms with Gasteiger partial charge in [0.1, 0.15) is 0 Å². The molecule has 0 aromatic carbocycles. The molecule has 5 heteroatoms. The molecule has 12 heavy (non-hydrogen) atoms. The maximum Gasteiger partial charge on any atom is 0.389 e. The number of hydrogen-bond donors (Lipinski definition) is 2. The summed E-state index contributed by atoms with van der Waals surface area (Å²) in [6.07, 6.45) is -7.79. The zero-order chi connectivity index (χ0) is 9.78. The molecule has 0 heterocycles. The molecular weight excluding hydrogens is 173 g/mol. The SMILES string of the molecule is CCC(O)C(O)CCC(F)(F)F. The van der Waals surface area contributed by atoms with Crippen molar-refractivity contribution >= 4 is 0 Å². The van der Waals surface area contributed by atoms with Crippen LogP contribution in [0, 0.1) is 0 Å². The van der Waals surface area contributed by atoms with Crippen LogP contribution in [0.2, 0.25) is 0 Å². The van der Waals surface area contributed by atoms with E-state index in [0.29, 0.717) is 0 Å². The van der Waals surface area contributed by atoms with E-state index in [1.165, 1.54) is 0 Å². The molecule has 0 saturated heterocycles. The molecule has 0 amide bonds. The molecule has 2 nitrogen and oxygen atoms in total. The van der Waals surface area contributed by atoms with Crippen LogP contribution in [0.4, 0.5) is 13.2 Å². The van der Waals surface area contributed by atoms with Gasteiger partial charge in [-0.1, -0.05) is 6.92 Å². The molecule has 2 N–H and O–H groups in total. The van der Waals surface area contributed by atoms with Crippen molar-refractivity contribution in [3.63, 3.8) is 0 Å². The zero-order valence-corrected chi connectivity index (χ0v) is 6.80. The Morgan fingerprint density at radius 2 is 1.67 bits per heavy atom. The summed E-state index contributed by atoms with van der Waals surface area (Å²) in [4.78, 5) is 0. The topological polar surface area (TPSA) is 40.5 Å². The van der Waals surface area contributed by atoms with Crippen molar-refractivity contribution in [3.8, 4) is 0 Å². The molecule has 0 aromatic rings. The smallest absolute Gasteiger partial charge is 0.389 e. The highest BCUT2D eigenvalue weighted by atomic mass is 19.4. The molecule has 0 saturated carbocycles. The van der Waals surface area contributed by atoms with Gasteiger partial charge in [0.15, 0.2) is 0 Å². The highest BCUT2D eigenvalue weighted by Gasteiger charge is 2.29. The van der Waals surface area contributed by atoms with Crippen molar-refractivity contribution in [2.75, 3.05) is 0 Å². The lowest BCUT2D eigenvalue weighted by molar-refractivity contribution is -0.143. The Morgan fingerprint density at radius 3 is 2.00 bits per heavy atom. The summed E-state index contributed by atoms with van der Waals surface area (Å²) < 4.78 is 34.8. The molecule has 2 atom stereocenters. The standard InChI is InChI=1S/C7H13F3O2/c1-2-5(11)6(12)3-4-7(8,9)10/h5-6,11-12H,2-4H2,1H3. The Morgan fingerprint density at radius 1 is 1.17 bits per heavy atom. The van der Waals surface area contributed by atoms with Crippen LogP contribution >= 0.6 is 0 Å². The highest BCUT2D eigenvalue weighted by Crippen LogP contribution is 2.23. The van der Waals surface area contributed by atoms with Crippen LogP contribution < -0.4 is 0 Å². The molecule has 0 aliphatic heterocycles. The molecule has 74 valence electrons. The fourth-order valence-corrected chi connectivity index (χ4v) is 0.776. The Bertz CT molecular complexity index is 124. The molecule has 0 rings (SSSR count). The Balaban J connectivity index is 3.64. The van der Waals surface area contributed by atoms with Gasteiger partial charge in [-0.25, -0.2) is 0 Å². The van der Waals surface area contributed by atoms with Crippen LogP contribution in [0.3, 0.4) is 0 Å². The summed E-state index contributed by atoms with van der Waals surface area (Å²) in [7, 11) is 0. The molecule has 0 spiro atoms. The second-order valence-electron chi connectivity index (χ2n) is 2.70. The summed E-state index contributed by atoms with van der Waals surface area (Å²) in [5.41, 5.74) is 0. The Kier molecular flexibility index (Phi) is 4.55. The van der Waals surface area contributed by atoms with Gasteiger partial charge in [-0.05, 0) is 12.8 Å². The molecular formula is C7H13F3O2. The quantitative estimate of drug-likeness (QED) is 0.697. The largest absolute Gasteiger partial charge is 0.390 e. The number of alkyl halides is 3. The maximum absolute atomic E-state index is 11.6. The van der Waals surface area contributed by atoms with E-state index in [0.717, 1.165) is 0 Å². The van der Waals surface area contributed by atoms with E-state index in [9.17, 15) is 13.2 Å². The minimum Gasteiger partial charge on any atom is -0.390 e. The molecule has 0 aromatic heterocycles. The lowest BCUT2D eigenvalue weighted by Gasteiger charge is -2.16. The van der Waals surface area contributed by atoms with Gasteiger partial charge in [0, 0.05) is 6.42 Å². The molecule has 0 aliphatic carbocycles. The highest BCUT2D eigenvalue weighted by molar-refractivity contribution is 4.67. The summed E-state index contributed by atoms with van der Waals surface area (Å²) >= 11 is 0. The predicted molar refractivity (Wildman–Crippen MR) is 37.6 cm³/mol. The third kappa shape index (κ3) is 5.37. The number of halogens is 3. The van der Waals surface area contributed by atoms with Gasteiger partial charge < -0.3 is 10.2 Å². The van der Waals surface area contributed by atoms with Gasteiger partial charge in [0.05, 0.1) is 12.2 Å². The number of aliphatic hydroxyl groups excluding tert-OH is 2. The molecule has 0 fully saturated rings. The molecule has 0 radical (unpaired) electrons. The van der Waals surface area contributed by atoms with Crippen molar-refractivity contribution in [2.24, 2.45) is 0 Å². The monoisotopic (exact) mass is 186 g/mol. The van der Waals surface area contributed by atoms with Gasteiger partial charge in [-0.3, -0.25) is 0 Å². The predicted octanol–water partition coefficient (Wildman–Crippen LogP) is 1.46. The van der Waals surface area contributed by atoms with Crippen LogP contribution in [0.15, 0.2) is 0 Å². The normalized spacial score (nSPS) is 17.5. The lowest BCUT2D eigenvalue weighted by atomic mass is 10.1. The first-order chi connectivity index (χ1) is 5.37. The van der Waals surface area contributed by atoms with Crippen LogP contribution in [0.5, 0.6) is 0 Å². The van der Waals surface area contributed by atoms with Crippen molar-refractivity contribution in [1.82, 2.24) is 0 Å². The fraction of sp³-hybridized carbons (Fsp3) is 1.00. The first-order valence-corrected chi connectivity index (χ1v) is 3.79. The number of hydrogen-bond acceptors (Lipinski definition) is 2. The van der Waals surface area contributed by atoms with E-state index in [1.54, 1.807) is 6.92 Å². The van der Waals surface area contributed by atoms with Gasteiger partial charge in [0.25, 0.3) is 0 Å². The van der Waals surface area contributed by atoms with Crippen LogP contribution in [0.25, 0.3) is 0 Å². The van der Waals surface area contributed by atoms with Gasteiger partial charge in [-0.15, -0.1) is 0 Å². The van der Waals surface area contributed by atoms with Gasteiger partial charge >= 0.3 is 6.18 Å². The first-order valence-electron chi connectivity index (χ1n) is 3.79. The summed E-state index contributed by atoms with van der Waals surface area (Å²) in [5, 5.41) is 17.8. The molecule has 0 aliphatic rings. The maximum atomic E-state index is 11.6. The zero-order valence-electron chi connectivity index (χ0n) is 6.80. The van der Waals surface area contributed by atoms with Crippen molar-refractivity contribution in [2.45, 2.75) is 44.6 Å². The van der Waals surface area contributed by atoms with Gasteiger partial charge in [0.2, 0.25) is 0 Å². The summed E-state index contributed by atoms with van der Waals surface area (Å²) in [6.45, 7) is 1.60. The first kappa shape index (κ1) is 11.7. The van der Waals surface area contributed by atoms with Crippen molar-refractivity contribution in [1.29, 1.82) is 0 Å². The lowest BCUT2D eigenvalue weighted by Crippen LogP contribution is -2.26. The average Bonchev–Trinajstić information content (AvgIpc) is 1.97.